The molecule has 0 heterocycles. The molecular weight excluding hydrogens is 342 g/mol. The molecule has 0 atom stereocenters. The molecule has 2 aromatic rings. The zero-order chi connectivity index (χ0) is 18.7. The van der Waals surface area contributed by atoms with Crippen LogP contribution in [0.1, 0.15) is 41.2 Å². The number of hydrogen-bond acceptors (Lipinski definition) is 0. The smallest absolute Gasteiger partial charge is 0.166 e. The average Bonchev–Trinajstić information content (AvgIpc) is 2.51. The molecule has 0 nitrogen and oxygen atoms in total. The van der Waals surface area contributed by atoms with Gasteiger partial charge in [0.1, 0.15) is 0 Å². The van der Waals surface area contributed by atoms with Crippen molar-refractivity contribution in [2.75, 3.05) is 0 Å². The van der Waals surface area contributed by atoms with E-state index in [0.717, 1.165) is 30.5 Å². The molecule has 0 aromatic heterocycles. The number of rotatable bonds is 4. The molecule has 0 spiro atoms. The Labute approximate surface area is 141 Å². The predicted octanol–water partition coefficient (Wildman–Crippen LogP) is 6.85. The first-order chi connectivity index (χ1) is 11.6. The second-order valence-electron chi connectivity index (χ2n) is 5.59. The molecular formula is C19H16F6. The van der Waals surface area contributed by atoms with Crippen LogP contribution in [0.3, 0.4) is 0 Å². The molecule has 0 aliphatic rings. The van der Waals surface area contributed by atoms with E-state index in [9.17, 15) is 26.3 Å². The lowest BCUT2D eigenvalue weighted by Crippen LogP contribution is -2.14. The molecule has 2 rings (SSSR count). The normalized spacial score (nSPS) is 12.8. The van der Waals surface area contributed by atoms with Gasteiger partial charge in [-0.05, 0) is 35.2 Å². The Morgan fingerprint density at radius 3 is 1.88 bits per heavy atom. The van der Waals surface area contributed by atoms with Crippen molar-refractivity contribution in [1.29, 1.82) is 0 Å². The highest BCUT2D eigenvalue weighted by atomic mass is 19.4. The van der Waals surface area contributed by atoms with Crippen LogP contribution >= 0.6 is 0 Å². The first kappa shape index (κ1) is 19.1. The van der Waals surface area contributed by atoms with Crippen molar-refractivity contribution in [2.24, 2.45) is 0 Å². The van der Waals surface area contributed by atoms with Gasteiger partial charge >= 0.3 is 12.4 Å². The molecule has 0 radical (unpaired) electrons. The Kier molecular flexibility index (Phi) is 5.60. The Bertz CT molecular complexity index is 721. The van der Waals surface area contributed by atoms with E-state index in [2.05, 4.69) is 0 Å². The van der Waals surface area contributed by atoms with Crippen LogP contribution in [0.25, 0.3) is 12.2 Å². The lowest BCUT2D eigenvalue weighted by molar-refractivity contribution is -0.143. The van der Waals surface area contributed by atoms with E-state index < -0.39 is 29.0 Å². The summed E-state index contributed by atoms with van der Waals surface area (Å²) in [5, 5.41) is 0. The van der Waals surface area contributed by atoms with Crippen LogP contribution in [0.5, 0.6) is 0 Å². The van der Waals surface area contributed by atoms with Gasteiger partial charge in [0.05, 0.1) is 11.1 Å². The number of halogens is 6. The van der Waals surface area contributed by atoms with Gasteiger partial charge in [0.25, 0.3) is 0 Å². The van der Waals surface area contributed by atoms with Crippen LogP contribution in [-0.4, -0.2) is 0 Å². The zero-order valence-corrected chi connectivity index (χ0v) is 13.4. The number of aryl methyl sites for hydroxylation is 1. The molecule has 134 valence electrons. The fourth-order valence-electron chi connectivity index (χ4n) is 2.56. The van der Waals surface area contributed by atoms with Crippen molar-refractivity contribution in [3.05, 3.63) is 70.3 Å². The van der Waals surface area contributed by atoms with Crippen molar-refractivity contribution in [2.45, 2.75) is 32.1 Å². The highest BCUT2D eigenvalue weighted by Gasteiger charge is 2.39. The zero-order valence-electron chi connectivity index (χ0n) is 13.4. The van der Waals surface area contributed by atoms with E-state index >= 15 is 0 Å². The minimum Gasteiger partial charge on any atom is -0.166 e. The molecule has 0 amide bonds. The molecule has 25 heavy (non-hydrogen) atoms. The van der Waals surface area contributed by atoms with Crippen molar-refractivity contribution < 1.29 is 26.3 Å². The lowest BCUT2D eigenvalue weighted by Gasteiger charge is -2.16. The molecule has 0 unspecified atom stereocenters. The highest BCUT2D eigenvalue weighted by Crippen LogP contribution is 2.40. The number of hydrogen-bond donors (Lipinski definition) is 0. The van der Waals surface area contributed by atoms with Crippen LogP contribution in [0.2, 0.25) is 0 Å². The molecule has 0 bridgehead atoms. The molecule has 0 N–H and O–H groups in total. The van der Waals surface area contributed by atoms with E-state index in [0.29, 0.717) is 17.7 Å². The summed E-state index contributed by atoms with van der Waals surface area (Å²) >= 11 is 0. The summed E-state index contributed by atoms with van der Waals surface area (Å²) in [6.45, 7) is 1.98. The topological polar surface area (TPSA) is 0 Å². The highest BCUT2D eigenvalue weighted by molar-refractivity contribution is 5.73. The predicted molar refractivity (Wildman–Crippen MR) is 85.8 cm³/mol. The summed E-state index contributed by atoms with van der Waals surface area (Å²) < 4.78 is 78.6. The third kappa shape index (κ3) is 4.87. The summed E-state index contributed by atoms with van der Waals surface area (Å²) in [4.78, 5) is 0. The van der Waals surface area contributed by atoms with Crippen LogP contribution in [0.15, 0.2) is 42.5 Å². The number of benzene rings is 2. The molecule has 0 aliphatic heterocycles. The third-order valence-electron chi connectivity index (χ3n) is 3.65. The SMILES string of the molecule is CCCc1cccc(/C=C/c2c(C(F)(F)F)cccc2C(F)(F)F)c1. The second-order valence-corrected chi connectivity index (χ2v) is 5.59. The minimum atomic E-state index is -4.87. The van der Waals surface area contributed by atoms with Gasteiger partial charge in [0, 0.05) is 0 Å². The molecule has 0 fully saturated rings. The van der Waals surface area contributed by atoms with Gasteiger partial charge in [-0.1, -0.05) is 55.8 Å². The van der Waals surface area contributed by atoms with E-state index in [1.165, 1.54) is 6.08 Å². The van der Waals surface area contributed by atoms with Crippen LogP contribution in [-0.2, 0) is 18.8 Å². The summed E-state index contributed by atoms with van der Waals surface area (Å²) in [7, 11) is 0. The van der Waals surface area contributed by atoms with E-state index in [1.54, 1.807) is 18.2 Å². The maximum Gasteiger partial charge on any atom is 0.417 e. The second kappa shape index (κ2) is 7.33. The monoisotopic (exact) mass is 358 g/mol. The first-order valence-electron chi connectivity index (χ1n) is 7.67. The van der Waals surface area contributed by atoms with Crippen molar-refractivity contribution >= 4 is 12.2 Å². The van der Waals surface area contributed by atoms with Crippen LogP contribution < -0.4 is 0 Å². The Morgan fingerprint density at radius 2 is 1.36 bits per heavy atom. The molecule has 0 saturated carbocycles. The quantitative estimate of drug-likeness (QED) is 0.414. The summed E-state index contributed by atoms with van der Waals surface area (Å²) in [5.41, 5.74) is -1.95. The third-order valence-corrected chi connectivity index (χ3v) is 3.65. The summed E-state index contributed by atoms with van der Waals surface area (Å²) in [6.07, 6.45) is -5.90. The largest absolute Gasteiger partial charge is 0.417 e. The van der Waals surface area contributed by atoms with Gasteiger partial charge in [-0.2, -0.15) is 26.3 Å². The number of alkyl halides is 6. The van der Waals surface area contributed by atoms with Gasteiger partial charge in [-0.15, -0.1) is 0 Å². The van der Waals surface area contributed by atoms with Gasteiger partial charge in [0.2, 0.25) is 0 Å². The summed E-state index contributed by atoms with van der Waals surface area (Å²) in [5.74, 6) is 0. The van der Waals surface area contributed by atoms with Crippen LogP contribution in [0, 0.1) is 0 Å². The fraction of sp³-hybridized carbons (Fsp3) is 0.263. The van der Waals surface area contributed by atoms with Crippen molar-refractivity contribution in [3.8, 4) is 0 Å². The Morgan fingerprint density at radius 1 is 0.800 bits per heavy atom. The summed E-state index contributed by atoms with van der Waals surface area (Å²) in [6, 6.07) is 9.06. The van der Waals surface area contributed by atoms with Crippen molar-refractivity contribution in [3.63, 3.8) is 0 Å². The van der Waals surface area contributed by atoms with Gasteiger partial charge in [-0.25, -0.2) is 0 Å². The molecule has 0 aliphatic carbocycles. The Hall–Kier alpha value is -2.24. The van der Waals surface area contributed by atoms with Gasteiger partial charge < -0.3 is 0 Å². The maximum atomic E-state index is 13.1. The lowest BCUT2D eigenvalue weighted by atomic mass is 9.98. The molecule has 6 heteroatoms. The van der Waals surface area contributed by atoms with E-state index in [4.69, 9.17) is 0 Å². The van der Waals surface area contributed by atoms with Gasteiger partial charge in [-0.3, -0.25) is 0 Å². The standard InChI is InChI=1S/C19H16F6/c1-2-5-13-6-3-7-14(12-13)10-11-15-16(18(20,21)22)8-4-9-17(15)19(23,24)25/h3-4,6-12H,2,5H2,1H3/b11-10+. The first-order valence-corrected chi connectivity index (χ1v) is 7.67. The molecule has 0 saturated heterocycles. The van der Waals surface area contributed by atoms with Crippen LogP contribution in [0.4, 0.5) is 26.3 Å². The molecule has 2 aromatic carbocycles. The maximum absolute atomic E-state index is 13.1. The van der Waals surface area contributed by atoms with E-state index in [-0.39, 0.29) is 0 Å². The van der Waals surface area contributed by atoms with Crippen molar-refractivity contribution in [1.82, 2.24) is 0 Å². The Balaban J connectivity index is 2.52. The average molecular weight is 358 g/mol. The van der Waals surface area contributed by atoms with E-state index in [1.807, 2.05) is 13.0 Å². The minimum absolute atomic E-state index is 0.552. The van der Waals surface area contributed by atoms with Gasteiger partial charge in [0.15, 0.2) is 0 Å². The fourth-order valence-corrected chi connectivity index (χ4v) is 2.56.